The van der Waals surface area contributed by atoms with E-state index in [4.69, 9.17) is 15.5 Å². The maximum absolute atomic E-state index is 6.00. The van der Waals surface area contributed by atoms with E-state index in [-0.39, 0.29) is 0 Å². The monoisotopic (exact) mass is 237 g/mol. The third-order valence-electron chi connectivity index (χ3n) is 4.96. The number of nitrogens with zero attached hydrogens (tertiary/aromatic N) is 2. The summed E-state index contributed by atoms with van der Waals surface area (Å²) in [7, 11) is 3.92. The molecule has 3 aliphatic rings. The number of hydrogen-bond donors (Lipinski definition) is 1. The zero-order valence-corrected chi connectivity index (χ0v) is 10.9. The van der Waals surface area contributed by atoms with Crippen LogP contribution in [0, 0.1) is 11.3 Å². The lowest BCUT2D eigenvalue weighted by Gasteiger charge is -2.54. The van der Waals surface area contributed by atoms with Crippen LogP contribution < -0.4 is 5.73 Å². The summed E-state index contributed by atoms with van der Waals surface area (Å²) in [5.41, 5.74) is 6.33. The van der Waals surface area contributed by atoms with Crippen LogP contribution in [-0.2, 0) is 4.74 Å². The van der Waals surface area contributed by atoms with Gasteiger partial charge in [0.15, 0.2) is 5.96 Å². The van der Waals surface area contributed by atoms with Gasteiger partial charge in [0.05, 0.1) is 12.1 Å². The molecule has 0 aromatic heterocycles. The fraction of sp³-hybridized carbons (Fsp3) is 0.923. The van der Waals surface area contributed by atoms with Crippen LogP contribution in [-0.4, -0.2) is 43.7 Å². The van der Waals surface area contributed by atoms with Gasteiger partial charge in [-0.1, -0.05) is 12.8 Å². The van der Waals surface area contributed by atoms with Crippen LogP contribution >= 0.6 is 0 Å². The first-order chi connectivity index (χ1) is 8.15. The van der Waals surface area contributed by atoms with Crippen LogP contribution in [0.1, 0.15) is 32.1 Å². The summed E-state index contributed by atoms with van der Waals surface area (Å²) in [6.45, 7) is 0.922. The summed E-state index contributed by atoms with van der Waals surface area (Å²) in [4.78, 5) is 6.71. The minimum atomic E-state index is 0.335. The molecule has 1 saturated heterocycles. The maximum Gasteiger partial charge on any atom is 0.191 e. The normalized spacial score (nSPS) is 39.2. The molecule has 3 rings (SSSR count). The average Bonchev–Trinajstić information content (AvgIpc) is 2.93. The molecule has 2 saturated carbocycles. The fourth-order valence-electron chi connectivity index (χ4n) is 4.09. The molecule has 3 unspecified atom stereocenters. The van der Waals surface area contributed by atoms with Gasteiger partial charge >= 0.3 is 0 Å². The number of ether oxygens (including phenoxy) is 1. The Kier molecular flexibility index (Phi) is 2.58. The molecule has 1 aliphatic heterocycles. The van der Waals surface area contributed by atoms with E-state index in [0.717, 1.165) is 6.61 Å². The third kappa shape index (κ3) is 1.49. The number of rotatable bonds is 1. The van der Waals surface area contributed by atoms with E-state index in [1.807, 2.05) is 19.0 Å². The Morgan fingerprint density at radius 3 is 2.71 bits per heavy atom. The predicted molar refractivity (Wildman–Crippen MR) is 67.8 cm³/mol. The Bertz CT molecular complexity index is 334. The molecular formula is C13H23N3O. The van der Waals surface area contributed by atoms with Gasteiger partial charge in [0.2, 0.25) is 0 Å². The molecule has 3 atom stereocenters. The highest BCUT2D eigenvalue weighted by molar-refractivity contribution is 5.77. The fourth-order valence-corrected chi connectivity index (χ4v) is 4.09. The van der Waals surface area contributed by atoms with Crippen molar-refractivity contribution in [3.05, 3.63) is 0 Å². The first-order valence-electron chi connectivity index (χ1n) is 6.77. The first-order valence-corrected chi connectivity index (χ1v) is 6.77. The van der Waals surface area contributed by atoms with E-state index in [2.05, 4.69) is 0 Å². The molecule has 4 heteroatoms. The molecule has 1 heterocycles. The Balaban J connectivity index is 1.84. The highest BCUT2D eigenvalue weighted by Gasteiger charge is 2.65. The van der Waals surface area contributed by atoms with Crippen molar-refractivity contribution in [3.63, 3.8) is 0 Å². The van der Waals surface area contributed by atoms with Crippen LogP contribution in [0.25, 0.3) is 0 Å². The second-order valence-electron chi connectivity index (χ2n) is 6.01. The second-order valence-corrected chi connectivity index (χ2v) is 6.01. The Labute approximate surface area is 103 Å². The molecular weight excluding hydrogens is 214 g/mol. The summed E-state index contributed by atoms with van der Waals surface area (Å²) in [5, 5.41) is 0. The quantitative estimate of drug-likeness (QED) is 0.551. The zero-order chi connectivity index (χ0) is 12.0. The lowest BCUT2D eigenvalue weighted by atomic mass is 9.54. The number of guanidine groups is 1. The lowest BCUT2D eigenvalue weighted by Crippen LogP contribution is -2.61. The predicted octanol–water partition coefficient (Wildman–Crippen LogP) is 1.21. The highest BCUT2D eigenvalue weighted by Crippen LogP contribution is 2.62. The molecule has 0 bridgehead atoms. The zero-order valence-electron chi connectivity index (χ0n) is 10.9. The topological polar surface area (TPSA) is 50.8 Å². The van der Waals surface area contributed by atoms with Gasteiger partial charge in [0.25, 0.3) is 0 Å². The lowest BCUT2D eigenvalue weighted by molar-refractivity contribution is -0.117. The molecule has 2 aliphatic carbocycles. The van der Waals surface area contributed by atoms with Crippen LogP contribution in [0.5, 0.6) is 0 Å². The third-order valence-corrected chi connectivity index (χ3v) is 4.96. The number of aliphatic imine (C=N–C) groups is 1. The van der Waals surface area contributed by atoms with Gasteiger partial charge in [-0.25, -0.2) is 4.99 Å². The van der Waals surface area contributed by atoms with Gasteiger partial charge in [0, 0.05) is 32.0 Å². The second kappa shape index (κ2) is 3.87. The Morgan fingerprint density at radius 1 is 1.35 bits per heavy atom. The molecule has 17 heavy (non-hydrogen) atoms. The van der Waals surface area contributed by atoms with Crippen LogP contribution in [0.15, 0.2) is 4.99 Å². The van der Waals surface area contributed by atoms with Crippen molar-refractivity contribution >= 4 is 5.96 Å². The molecule has 96 valence electrons. The van der Waals surface area contributed by atoms with Crippen LogP contribution in [0.2, 0.25) is 0 Å². The summed E-state index contributed by atoms with van der Waals surface area (Å²) >= 11 is 0. The maximum atomic E-state index is 6.00. The van der Waals surface area contributed by atoms with E-state index in [1.165, 1.54) is 32.1 Å². The van der Waals surface area contributed by atoms with Crippen molar-refractivity contribution in [2.75, 3.05) is 20.7 Å². The van der Waals surface area contributed by atoms with Crippen molar-refractivity contribution in [3.8, 4) is 0 Å². The molecule has 0 amide bonds. The van der Waals surface area contributed by atoms with Crippen LogP contribution in [0.3, 0.4) is 0 Å². The van der Waals surface area contributed by atoms with E-state index >= 15 is 0 Å². The Hall–Kier alpha value is -0.770. The van der Waals surface area contributed by atoms with E-state index in [9.17, 15) is 0 Å². The number of fused-ring (bicyclic) bond motifs is 2. The standard InChI is InChI=1S/C13H23N3O/c1-16(2)12(14)15-10-9-5-8-17-11(9)13(10)6-3-4-7-13/h9-11H,3-8H2,1-2H3,(H2,14,15). The number of nitrogens with two attached hydrogens (primary N) is 1. The summed E-state index contributed by atoms with van der Waals surface area (Å²) in [5.74, 6) is 1.30. The first kappa shape index (κ1) is 11.3. The molecule has 0 radical (unpaired) electrons. The van der Waals surface area contributed by atoms with E-state index in [0.29, 0.717) is 29.4 Å². The molecule has 3 fully saturated rings. The summed E-state index contributed by atoms with van der Waals surface area (Å²) in [6, 6.07) is 0.417. The van der Waals surface area contributed by atoms with Crippen molar-refractivity contribution in [1.29, 1.82) is 0 Å². The molecule has 0 aromatic carbocycles. The van der Waals surface area contributed by atoms with Gasteiger partial charge in [-0.2, -0.15) is 0 Å². The van der Waals surface area contributed by atoms with Gasteiger partial charge in [-0.05, 0) is 19.3 Å². The highest BCUT2D eigenvalue weighted by atomic mass is 16.5. The van der Waals surface area contributed by atoms with Gasteiger partial charge < -0.3 is 15.4 Å². The van der Waals surface area contributed by atoms with E-state index < -0.39 is 0 Å². The summed E-state index contributed by atoms with van der Waals surface area (Å²) in [6.07, 6.45) is 6.88. The Morgan fingerprint density at radius 2 is 2.06 bits per heavy atom. The van der Waals surface area contributed by atoms with Gasteiger partial charge in [-0.3, -0.25) is 0 Å². The minimum absolute atomic E-state index is 0.335. The van der Waals surface area contributed by atoms with Crippen LogP contribution in [0.4, 0.5) is 0 Å². The average molecular weight is 237 g/mol. The summed E-state index contributed by atoms with van der Waals surface area (Å²) < 4.78 is 5.94. The SMILES string of the molecule is CN(C)C(N)=NC1C2CCOC2C12CCCC2. The largest absolute Gasteiger partial charge is 0.377 e. The molecule has 2 N–H and O–H groups in total. The van der Waals surface area contributed by atoms with Gasteiger partial charge in [0.1, 0.15) is 0 Å². The molecule has 1 spiro atoms. The molecule has 0 aromatic rings. The van der Waals surface area contributed by atoms with Crippen molar-refractivity contribution in [2.45, 2.75) is 44.2 Å². The number of hydrogen-bond acceptors (Lipinski definition) is 2. The van der Waals surface area contributed by atoms with Crippen molar-refractivity contribution < 1.29 is 4.74 Å². The van der Waals surface area contributed by atoms with Gasteiger partial charge in [-0.15, -0.1) is 0 Å². The van der Waals surface area contributed by atoms with E-state index in [1.54, 1.807) is 0 Å². The smallest absolute Gasteiger partial charge is 0.191 e. The van der Waals surface area contributed by atoms with Crippen molar-refractivity contribution in [1.82, 2.24) is 4.90 Å². The van der Waals surface area contributed by atoms with Crippen molar-refractivity contribution in [2.24, 2.45) is 22.1 Å². The molecule has 4 nitrogen and oxygen atoms in total. The minimum Gasteiger partial charge on any atom is -0.377 e.